The first-order chi connectivity index (χ1) is 13.1. The van der Waals surface area contributed by atoms with Gasteiger partial charge in [-0.3, -0.25) is 9.59 Å². The highest BCUT2D eigenvalue weighted by molar-refractivity contribution is 5.80. The van der Waals surface area contributed by atoms with E-state index in [0.717, 1.165) is 5.56 Å². The van der Waals surface area contributed by atoms with Gasteiger partial charge in [-0.05, 0) is 35.7 Å². The fourth-order valence-electron chi connectivity index (χ4n) is 2.73. The Balaban J connectivity index is 2.06. The normalized spacial score (nSPS) is 12.3. The molecule has 1 amide bonds. The number of carboxylic acids is 1. The molecule has 0 aliphatic rings. The van der Waals surface area contributed by atoms with Gasteiger partial charge >= 0.3 is 12.1 Å². The number of carbonyl (C=O) groups is 2. The molecular formula is C20H20F3NO4. The van der Waals surface area contributed by atoms with Crippen LogP contribution >= 0.6 is 0 Å². The molecule has 150 valence electrons. The minimum absolute atomic E-state index is 0.00335. The quantitative estimate of drug-likeness (QED) is 0.713. The second-order valence-corrected chi connectivity index (χ2v) is 6.30. The van der Waals surface area contributed by atoms with Gasteiger partial charge < -0.3 is 15.2 Å². The second-order valence-electron chi connectivity index (χ2n) is 6.30. The summed E-state index contributed by atoms with van der Waals surface area (Å²) in [5.41, 5.74) is 1.99. The molecule has 0 fully saturated rings. The van der Waals surface area contributed by atoms with E-state index in [-0.39, 0.29) is 18.6 Å². The lowest BCUT2D eigenvalue weighted by atomic mass is 9.98. The number of hydrogen-bond donors (Lipinski definition) is 2. The van der Waals surface area contributed by atoms with Crippen LogP contribution in [0.4, 0.5) is 13.2 Å². The third kappa shape index (κ3) is 6.94. The van der Waals surface area contributed by atoms with Crippen molar-refractivity contribution in [3.63, 3.8) is 0 Å². The van der Waals surface area contributed by atoms with Crippen molar-refractivity contribution in [2.24, 2.45) is 0 Å². The van der Waals surface area contributed by atoms with E-state index in [2.05, 4.69) is 10.1 Å². The number of rotatable bonds is 8. The van der Waals surface area contributed by atoms with Crippen molar-refractivity contribution in [3.8, 4) is 5.75 Å². The zero-order chi connectivity index (χ0) is 20.7. The number of amides is 1. The molecule has 8 heteroatoms. The summed E-state index contributed by atoms with van der Waals surface area (Å²) in [6, 6.07) is 12.2. The summed E-state index contributed by atoms with van der Waals surface area (Å²) in [5.74, 6) is -1.50. The number of aliphatic carboxylic acids is 1. The van der Waals surface area contributed by atoms with Gasteiger partial charge in [0.1, 0.15) is 5.75 Å². The molecule has 2 aromatic carbocycles. The van der Waals surface area contributed by atoms with Crippen LogP contribution in [-0.4, -0.2) is 29.8 Å². The van der Waals surface area contributed by atoms with Crippen LogP contribution in [0.25, 0.3) is 0 Å². The van der Waals surface area contributed by atoms with Crippen molar-refractivity contribution in [1.29, 1.82) is 0 Å². The molecule has 0 saturated heterocycles. The van der Waals surface area contributed by atoms with E-state index in [1.165, 1.54) is 18.2 Å². The molecule has 0 aromatic heterocycles. The maximum Gasteiger partial charge on any atom is 0.422 e. The van der Waals surface area contributed by atoms with Crippen molar-refractivity contribution in [1.82, 2.24) is 5.32 Å². The number of halogens is 3. The molecule has 0 saturated carbocycles. The maximum absolute atomic E-state index is 12.4. The standard InChI is InChI=1S/C20H20F3NO4/c1-13-5-2-3-8-16(13)17(11-19(26)27)24-18(25)10-14-6-4-7-15(9-14)28-12-20(21,22)23/h2-9,17H,10-12H2,1H3,(H,24,25)(H,26,27). The first-order valence-corrected chi connectivity index (χ1v) is 8.49. The first kappa shape index (κ1) is 21.3. The predicted molar refractivity (Wildman–Crippen MR) is 96.0 cm³/mol. The molecule has 0 heterocycles. The van der Waals surface area contributed by atoms with Crippen LogP contribution in [0.1, 0.15) is 29.2 Å². The van der Waals surface area contributed by atoms with Gasteiger partial charge in [0.2, 0.25) is 5.91 Å². The van der Waals surface area contributed by atoms with Gasteiger partial charge in [0, 0.05) is 0 Å². The van der Waals surface area contributed by atoms with Gasteiger partial charge in [0.15, 0.2) is 6.61 Å². The topological polar surface area (TPSA) is 75.6 Å². The van der Waals surface area contributed by atoms with Crippen LogP contribution in [0.3, 0.4) is 0 Å². The molecule has 5 nitrogen and oxygen atoms in total. The summed E-state index contributed by atoms with van der Waals surface area (Å²) in [6.45, 7) is 0.397. The Morgan fingerprint density at radius 3 is 2.50 bits per heavy atom. The SMILES string of the molecule is Cc1ccccc1C(CC(=O)O)NC(=O)Cc1cccc(OCC(F)(F)F)c1. The smallest absolute Gasteiger partial charge is 0.422 e. The highest BCUT2D eigenvalue weighted by atomic mass is 19.4. The second kappa shape index (κ2) is 9.25. The Morgan fingerprint density at radius 1 is 1.14 bits per heavy atom. The highest BCUT2D eigenvalue weighted by Gasteiger charge is 2.28. The molecule has 2 N–H and O–H groups in total. The fourth-order valence-corrected chi connectivity index (χ4v) is 2.73. The third-order valence-corrected chi connectivity index (χ3v) is 3.94. The lowest BCUT2D eigenvalue weighted by Crippen LogP contribution is -2.31. The fraction of sp³-hybridized carbons (Fsp3) is 0.300. The predicted octanol–water partition coefficient (Wildman–Crippen LogP) is 3.81. The minimum atomic E-state index is -4.45. The number of benzene rings is 2. The molecule has 0 aliphatic heterocycles. The van der Waals surface area contributed by atoms with Crippen LogP contribution in [0.5, 0.6) is 5.75 Å². The average molecular weight is 395 g/mol. The van der Waals surface area contributed by atoms with Crippen molar-refractivity contribution < 1.29 is 32.6 Å². The summed E-state index contributed by atoms with van der Waals surface area (Å²) >= 11 is 0. The minimum Gasteiger partial charge on any atom is -0.484 e. The average Bonchev–Trinajstić information content (AvgIpc) is 2.59. The summed E-state index contributed by atoms with van der Waals surface area (Å²) in [6.07, 6.45) is -4.86. The van der Waals surface area contributed by atoms with Crippen LogP contribution in [-0.2, 0) is 16.0 Å². The summed E-state index contributed by atoms with van der Waals surface area (Å²) in [7, 11) is 0. The molecular weight excluding hydrogens is 375 g/mol. The summed E-state index contributed by atoms with van der Waals surface area (Å²) in [5, 5.41) is 11.8. The van der Waals surface area contributed by atoms with E-state index in [1.807, 2.05) is 19.1 Å². The number of carboxylic acid groups (broad SMARTS) is 1. The number of aryl methyl sites for hydroxylation is 1. The third-order valence-electron chi connectivity index (χ3n) is 3.94. The largest absolute Gasteiger partial charge is 0.484 e. The van der Waals surface area contributed by atoms with Crippen molar-refractivity contribution >= 4 is 11.9 Å². The van der Waals surface area contributed by atoms with E-state index >= 15 is 0 Å². The van der Waals surface area contributed by atoms with E-state index in [9.17, 15) is 22.8 Å². The zero-order valence-electron chi connectivity index (χ0n) is 15.1. The molecule has 0 aliphatic carbocycles. The van der Waals surface area contributed by atoms with E-state index < -0.39 is 30.7 Å². The lowest BCUT2D eigenvalue weighted by Gasteiger charge is -2.19. The van der Waals surface area contributed by atoms with Gasteiger partial charge in [0.05, 0.1) is 18.9 Å². The molecule has 0 radical (unpaired) electrons. The molecule has 0 bridgehead atoms. The molecule has 0 spiro atoms. The van der Waals surface area contributed by atoms with Crippen LogP contribution in [0.15, 0.2) is 48.5 Å². The Hall–Kier alpha value is -3.03. The summed E-state index contributed by atoms with van der Waals surface area (Å²) in [4.78, 5) is 23.6. The van der Waals surface area contributed by atoms with Gasteiger partial charge in [-0.15, -0.1) is 0 Å². The number of hydrogen-bond acceptors (Lipinski definition) is 3. The van der Waals surface area contributed by atoms with Crippen molar-refractivity contribution in [2.45, 2.75) is 32.0 Å². The molecule has 28 heavy (non-hydrogen) atoms. The molecule has 1 unspecified atom stereocenters. The number of nitrogens with one attached hydrogen (secondary N) is 1. The zero-order valence-corrected chi connectivity index (χ0v) is 15.1. The number of ether oxygens (including phenoxy) is 1. The number of carbonyl (C=O) groups excluding carboxylic acids is 1. The molecule has 2 aromatic rings. The van der Waals surface area contributed by atoms with Gasteiger partial charge in [-0.25, -0.2) is 0 Å². The van der Waals surface area contributed by atoms with E-state index in [0.29, 0.717) is 11.1 Å². The summed E-state index contributed by atoms with van der Waals surface area (Å²) < 4.78 is 41.4. The van der Waals surface area contributed by atoms with Crippen molar-refractivity contribution in [2.75, 3.05) is 6.61 Å². The van der Waals surface area contributed by atoms with E-state index in [1.54, 1.807) is 18.2 Å². The van der Waals surface area contributed by atoms with Gasteiger partial charge in [-0.2, -0.15) is 13.2 Å². The van der Waals surface area contributed by atoms with Gasteiger partial charge in [-0.1, -0.05) is 36.4 Å². The monoisotopic (exact) mass is 395 g/mol. The Morgan fingerprint density at radius 2 is 1.86 bits per heavy atom. The van der Waals surface area contributed by atoms with E-state index in [4.69, 9.17) is 5.11 Å². The Kier molecular flexibility index (Phi) is 7.03. The van der Waals surface area contributed by atoms with Crippen LogP contribution in [0, 0.1) is 6.92 Å². The Labute approximate surface area is 160 Å². The Bertz CT molecular complexity index is 836. The lowest BCUT2D eigenvalue weighted by molar-refractivity contribution is -0.153. The number of alkyl halides is 3. The maximum atomic E-state index is 12.4. The molecule has 2 rings (SSSR count). The van der Waals surface area contributed by atoms with Crippen LogP contribution in [0.2, 0.25) is 0 Å². The van der Waals surface area contributed by atoms with Gasteiger partial charge in [0.25, 0.3) is 0 Å². The highest BCUT2D eigenvalue weighted by Crippen LogP contribution is 2.22. The van der Waals surface area contributed by atoms with Crippen LogP contribution < -0.4 is 10.1 Å². The molecule has 1 atom stereocenters. The first-order valence-electron chi connectivity index (χ1n) is 8.49. The van der Waals surface area contributed by atoms with Crippen molar-refractivity contribution in [3.05, 3.63) is 65.2 Å².